The number of amides is 1. The van der Waals surface area contributed by atoms with Crippen LogP contribution in [0.5, 0.6) is 5.75 Å². The summed E-state index contributed by atoms with van der Waals surface area (Å²) in [5, 5.41) is 12.6. The summed E-state index contributed by atoms with van der Waals surface area (Å²) in [6, 6.07) is 27.0. The molecule has 0 atom stereocenters. The Bertz CT molecular complexity index is 1360. The second kappa shape index (κ2) is 17.2. The first-order valence-corrected chi connectivity index (χ1v) is 13.8. The highest BCUT2D eigenvalue weighted by atomic mass is 16.5. The van der Waals surface area contributed by atoms with E-state index in [0.717, 1.165) is 16.9 Å². The van der Waals surface area contributed by atoms with Crippen LogP contribution < -0.4 is 26.0 Å². The molecule has 220 valence electrons. The van der Waals surface area contributed by atoms with Gasteiger partial charge in [0.25, 0.3) is 5.91 Å². The predicted molar refractivity (Wildman–Crippen MR) is 163 cm³/mol. The Kier molecular flexibility index (Phi) is 12.3. The summed E-state index contributed by atoms with van der Waals surface area (Å²) >= 11 is 0. The van der Waals surface area contributed by atoms with Crippen molar-refractivity contribution in [3.63, 3.8) is 0 Å². The lowest BCUT2D eigenvalue weighted by Crippen LogP contribution is -2.27. The topological polar surface area (TPSA) is 132 Å². The molecule has 1 heterocycles. The molecule has 0 bridgehead atoms. The van der Waals surface area contributed by atoms with Gasteiger partial charge in [0.15, 0.2) is 0 Å². The van der Waals surface area contributed by atoms with Gasteiger partial charge in [-0.15, -0.1) is 0 Å². The zero-order chi connectivity index (χ0) is 29.2. The lowest BCUT2D eigenvalue weighted by molar-refractivity contribution is 0.0519. The van der Waals surface area contributed by atoms with Gasteiger partial charge in [-0.05, 0) is 35.4 Å². The number of carbonyl (C=O) groups is 1. The van der Waals surface area contributed by atoms with Gasteiger partial charge in [-0.2, -0.15) is 15.0 Å². The molecule has 4 N–H and O–H groups in total. The molecule has 1 aromatic heterocycles. The number of aromatic nitrogens is 3. The van der Waals surface area contributed by atoms with E-state index in [4.69, 9.17) is 14.2 Å². The average molecular weight is 572 g/mol. The summed E-state index contributed by atoms with van der Waals surface area (Å²) in [5.74, 6) is 2.01. The first kappa shape index (κ1) is 30.2. The molecule has 11 nitrogen and oxygen atoms in total. The number of rotatable bonds is 18. The van der Waals surface area contributed by atoms with Crippen LogP contribution in [0.2, 0.25) is 0 Å². The van der Waals surface area contributed by atoms with Crippen LogP contribution in [0.3, 0.4) is 0 Å². The minimum atomic E-state index is -0.114. The monoisotopic (exact) mass is 571 g/mol. The lowest BCUT2D eigenvalue weighted by Gasteiger charge is -2.12. The Morgan fingerprint density at radius 2 is 1.21 bits per heavy atom. The Hall–Kier alpha value is -4.74. The van der Waals surface area contributed by atoms with Crippen molar-refractivity contribution in [2.45, 2.75) is 13.1 Å². The molecule has 11 heteroatoms. The van der Waals surface area contributed by atoms with Crippen LogP contribution in [0.1, 0.15) is 21.5 Å². The molecule has 3 aromatic carbocycles. The fourth-order valence-corrected chi connectivity index (χ4v) is 3.84. The molecule has 0 radical (unpaired) electrons. The number of nitrogens with one attached hydrogen (secondary N) is 4. The van der Waals surface area contributed by atoms with Crippen LogP contribution in [-0.4, -0.2) is 67.5 Å². The van der Waals surface area contributed by atoms with Gasteiger partial charge < -0.3 is 35.5 Å². The molecule has 0 aliphatic heterocycles. The molecule has 0 aliphatic rings. The van der Waals surface area contributed by atoms with E-state index >= 15 is 0 Å². The summed E-state index contributed by atoms with van der Waals surface area (Å²) in [6.07, 6.45) is 0. The highest BCUT2D eigenvalue weighted by Crippen LogP contribution is 2.15. The van der Waals surface area contributed by atoms with Crippen molar-refractivity contribution in [1.82, 2.24) is 20.3 Å². The van der Waals surface area contributed by atoms with E-state index in [9.17, 15) is 4.79 Å². The lowest BCUT2D eigenvalue weighted by atomic mass is 10.2. The number of hydrogen-bond acceptors (Lipinski definition) is 10. The van der Waals surface area contributed by atoms with Gasteiger partial charge in [0.05, 0.1) is 33.5 Å². The molecule has 0 unspecified atom stereocenters. The number of carbonyl (C=O) groups excluding carboxylic acids is 1. The maximum atomic E-state index is 12.0. The summed E-state index contributed by atoms with van der Waals surface area (Å²) in [4.78, 5) is 25.6. The first-order valence-electron chi connectivity index (χ1n) is 13.8. The number of ether oxygens (including phenoxy) is 3. The maximum absolute atomic E-state index is 12.0. The van der Waals surface area contributed by atoms with Gasteiger partial charge in [-0.25, -0.2) is 0 Å². The zero-order valence-corrected chi connectivity index (χ0v) is 23.7. The highest BCUT2D eigenvalue weighted by Gasteiger charge is 2.08. The van der Waals surface area contributed by atoms with Gasteiger partial charge in [0.1, 0.15) is 5.75 Å². The van der Waals surface area contributed by atoms with Crippen LogP contribution in [0, 0.1) is 0 Å². The molecule has 4 rings (SSSR count). The van der Waals surface area contributed by atoms with Crippen LogP contribution in [0.25, 0.3) is 0 Å². The van der Waals surface area contributed by atoms with Crippen LogP contribution in [-0.2, 0) is 22.6 Å². The second-order valence-electron chi connectivity index (χ2n) is 9.12. The molecule has 0 aliphatic carbocycles. The molecule has 0 spiro atoms. The van der Waals surface area contributed by atoms with E-state index in [1.54, 1.807) is 19.2 Å². The van der Waals surface area contributed by atoms with Crippen molar-refractivity contribution in [3.8, 4) is 5.75 Å². The Labute approximate surface area is 246 Å². The van der Waals surface area contributed by atoms with Crippen LogP contribution >= 0.6 is 0 Å². The average Bonchev–Trinajstić information content (AvgIpc) is 3.04. The maximum Gasteiger partial charge on any atom is 0.251 e. The third kappa shape index (κ3) is 10.7. The molecule has 0 saturated heterocycles. The van der Waals surface area contributed by atoms with E-state index in [-0.39, 0.29) is 5.91 Å². The fourth-order valence-electron chi connectivity index (χ4n) is 3.84. The highest BCUT2D eigenvalue weighted by molar-refractivity contribution is 5.94. The number of anilines is 3. The predicted octanol–water partition coefficient (Wildman–Crippen LogP) is 3.98. The Morgan fingerprint density at radius 1 is 0.643 bits per heavy atom. The van der Waals surface area contributed by atoms with Crippen LogP contribution in [0.4, 0.5) is 17.8 Å². The van der Waals surface area contributed by atoms with Crippen molar-refractivity contribution < 1.29 is 19.0 Å². The van der Waals surface area contributed by atoms with Crippen LogP contribution in [0.15, 0.2) is 84.9 Å². The molecule has 1 amide bonds. The molecule has 0 saturated carbocycles. The first-order chi connectivity index (χ1) is 20.7. The largest absolute Gasteiger partial charge is 0.497 e. The number of hydrogen-bond donors (Lipinski definition) is 4. The van der Waals surface area contributed by atoms with Gasteiger partial charge in [-0.1, -0.05) is 60.7 Å². The molecule has 42 heavy (non-hydrogen) atoms. The van der Waals surface area contributed by atoms with Crippen molar-refractivity contribution in [2.24, 2.45) is 0 Å². The minimum absolute atomic E-state index is 0.114. The number of nitrogens with zero attached hydrogens (tertiary/aromatic N) is 3. The Balaban J connectivity index is 1.19. The summed E-state index contributed by atoms with van der Waals surface area (Å²) < 4.78 is 16.5. The van der Waals surface area contributed by atoms with E-state index < -0.39 is 0 Å². The van der Waals surface area contributed by atoms with Crippen molar-refractivity contribution in [1.29, 1.82) is 0 Å². The van der Waals surface area contributed by atoms with Gasteiger partial charge in [0.2, 0.25) is 17.8 Å². The van der Waals surface area contributed by atoms with E-state index in [1.807, 2.05) is 72.8 Å². The molecule has 0 fully saturated rings. The smallest absolute Gasteiger partial charge is 0.251 e. The van der Waals surface area contributed by atoms with Crippen molar-refractivity contribution >= 4 is 23.8 Å². The SMILES string of the molecule is COc1cccc(CNc2nc(NCCOCCOCCNC(=O)c3ccccc3)nc(NCc3ccccc3)n2)c1. The second-order valence-corrected chi connectivity index (χ2v) is 9.12. The summed E-state index contributed by atoms with van der Waals surface area (Å²) in [6.45, 7) is 3.76. The van der Waals surface area contributed by atoms with E-state index in [1.165, 1.54) is 0 Å². The third-order valence-corrected chi connectivity index (χ3v) is 5.98. The van der Waals surface area contributed by atoms with Gasteiger partial charge in [-0.3, -0.25) is 4.79 Å². The van der Waals surface area contributed by atoms with Crippen molar-refractivity contribution in [2.75, 3.05) is 62.6 Å². The zero-order valence-electron chi connectivity index (χ0n) is 23.7. The quantitative estimate of drug-likeness (QED) is 0.130. The minimum Gasteiger partial charge on any atom is -0.497 e. The van der Waals surface area contributed by atoms with E-state index in [0.29, 0.717) is 76.0 Å². The number of benzene rings is 3. The summed E-state index contributed by atoms with van der Waals surface area (Å²) in [5.41, 5.74) is 2.79. The van der Waals surface area contributed by atoms with Crippen molar-refractivity contribution in [3.05, 3.63) is 102 Å². The molecular formula is C31H37N7O4. The molecule has 4 aromatic rings. The number of methoxy groups -OCH3 is 1. The fraction of sp³-hybridized carbons (Fsp3) is 0.290. The van der Waals surface area contributed by atoms with Gasteiger partial charge >= 0.3 is 0 Å². The third-order valence-electron chi connectivity index (χ3n) is 5.98. The summed E-state index contributed by atoms with van der Waals surface area (Å²) in [7, 11) is 1.65. The molecular weight excluding hydrogens is 534 g/mol. The standard InChI is InChI=1S/C31H37N7O4/c1-40-27-14-8-11-25(21-27)23-35-31-37-29(36-30(38-31)34-22-24-9-4-2-5-10-24)33-16-18-42-20-19-41-17-15-32-28(39)26-12-6-3-7-13-26/h2-14,21H,15-20,22-23H2,1H3,(H,32,39)(H3,33,34,35,36,37,38). The van der Waals surface area contributed by atoms with E-state index in [2.05, 4.69) is 36.2 Å². The Morgan fingerprint density at radius 3 is 1.88 bits per heavy atom. The van der Waals surface area contributed by atoms with Gasteiger partial charge in [0, 0.05) is 31.7 Å². The normalized spacial score (nSPS) is 10.6.